The Balaban J connectivity index is 1.28. The molecule has 0 aliphatic carbocycles. The second kappa shape index (κ2) is 8.73. The van der Waals surface area contributed by atoms with Crippen LogP contribution in [0.15, 0.2) is 28.5 Å². The molecule has 1 atom stereocenters. The second-order valence-electron chi connectivity index (χ2n) is 7.88. The Morgan fingerprint density at radius 1 is 1.09 bits per heavy atom. The number of rotatable bonds is 4. The standard InChI is InChI=1S/C20H19ClF2N4O3S3/c21-16-3-4-17(32-16)33(29,30)27-5-1-2-14(27)19(28)25-6-8-26(9-7-25)20-24-18-13(23)10-12(22)11-15(18)31-20/h3-4,10-11,14H,1-2,5-9H2/t14-/m1/s1. The van der Waals surface area contributed by atoms with Crippen molar-refractivity contribution in [1.29, 1.82) is 0 Å². The molecule has 7 nitrogen and oxygen atoms in total. The number of carbonyl (C=O) groups excluding carboxylic acids is 1. The Morgan fingerprint density at radius 2 is 1.85 bits per heavy atom. The number of hydrogen-bond acceptors (Lipinski definition) is 7. The molecule has 1 aromatic carbocycles. The molecule has 1 amide bonds. The molecule has 2 aromatic heterocycles. The molecule has 13 heteroatoms. The van der Waals surface area contributed by atoms with Crippen molar-refractivity contribution in [3.8, 4) is 0 Å². The minimum Gasteiger partial charge on any atom is -0.345 e. The van der Waals surface area contributed by atoms with Crippen LogP contribution in [-0.4, -0.2) is 67.3 Å². The summed E-state index contributed by atoms with van der Waals surface area (Å²) in [5.41, 5.74) is 0.135. The molecule has 33 heavy (non-hydrogen) atoms. The van der Waals surface area contributed by atoms with Crippen LogP contribution in [0.25, 0.3) is 10.2 Å². The van der Waals surface area contributed by atoms with Gasteiger partial charge in [0.05, 0.1) is 9.04 Å². The van der Waals surface area contributed by atoms with E-state index in [0.29, 0.717) is 59.7 Å². The molecule has 2 aliphatic heterocycles. The van der Waals surface area contributed by atoms with Crippen LogP contribution in [-0.2, 0) is 14.8 Å². The maximum atomic E-state index is 14.0. The molecule has 5 rings (SSSR count). The number of piperazine rings is 1. The SMILES string of the molecule is O=C([C@H]1CCCN1S(=O)(=O)c1ccc(Cl)s1)N1CCN(c2nc3c(F)cc(F)cc3s2)CC1. The van der Waals surface area contributed by atoms with Crippen molar-refractivity contribution in [2.45, 2.75) is 23.1 Å². The molecule has 2 fully saturated rings. The van der Waals surface area contributed by atoms with Crippen LogP contribution < -0.4 is 4.90 Å². The predicted molar refractivity (Wildman–Crippen MR) is 125 cm³/mol. The third-order valence-corrected chi connectivity index (χ3v) is 10.5. The zero-order chi connectivity index (χ0) is 23.3. The molecule has 4 heterocycles. The van der Waals surface area contributed by atoms with Gasteiger partial charge in [-0.3, -0.25) is 4.79 Å². The van der Waals surface area contributed by atoms with E-state index in [0.717, 1.165) is 17.4 Å². The molecule has 0 saturated carbocycles. The fourth-order valence-corrected chi connectivity index (χ4v) is 8.56. The minimum atomic E-state index is -3.79. The maximum absolute atomic E-state index is 14.0. The van der Waals surface area contributed by atoms with E-state index in [1.807, 2.05) is 4.90 Å². The van der Waals surface area contributed by atoms with Crippen LogP contribution >= 0.6 is 34.3 Å². The van der Waals surface area contributed by atoms with E-state index in [-0.39, 0.29) is 15.6 Å². The zero-order valence-electron chi connectivity index (χ0n) is 17.2. The number of amides is 1. The quantitative estimate of drug-likeness (QED) is 0.511. The third-order valence-electron chi connectivity index (χ3n) is 5.86. The molecule has 3 aromatic rings. The Bertz CT molecular complexity index is 1320. The topological polar surface area (TPSA) is 73.8 Å². The van der Waals surface area contributed by atoms with Crippen molar-refractivity contribution < 1.29 is 22.0 Å². The first-order chi connectivity index (χ1) is 15.7. The number of nitrogens with zero attached hydrogens (tertiary/aromatic N) is 4. The second-order valence-corrected chi connectivity index (χ2v) is 12.7. The first-order valence-electron chi connectivity index (χ1n) is 10.3. The first-order valence-corrected chi connectivity index (χ1v) is 13.8. The van der Waals surface area contributed by atoms with E-state index in [1.165, 1.54) is 33.8 Å². The number of fused-ring (bicyclic) bond motifs is 1. The molecule has 2 aliphatic rings. The third kappa shape index (κ3) is 4.23. The number of thiazole rings is 1. The minimum absolute atomic E-state index is 0.135. The van der Waals surface area contributed by atoms with E-state index >= 15 is 0 Å². The number of sulfonamides is 1. The van der Waals surface area contributed by atoms with Gasteiger partial charge in [-0.2, -0.15) is 4.31 Å². The van der Waals surface area contributed by atoms with Gasteiger partial charge in [-0.1, -0.05) is 22.9 Å². The van der Waals surface area contributed by atoms with E-state index < -0.39 is 27.7 Å². The highest BCUT2D eigenvalue weighted by molar-refractivity contribution is 7.91. The molecular formula is C20H19ClF2N4O3S3. The van der Waals surface area contributed by atoms with Crippen molar-refractivity contribution >= 4 is 65.6 Å². The smallest absolute Gasteiger partial charge is 0.253 e. The van der Waals surface area contributed by atoms with Crippen LogP contribution in [0.2, 0.25) is 4.34 Å². The van der Waals surface area contributed by atoms with Gasteiger partial charge in [0.15, 0.2) is 10.9 Å². The summed E-state index contributed by atoms with van der Waals surface area (Å²) in [6.45, 7) is 2.01. The summed E-state index contributed by atoms with van der Waals surface area (Å²) in [5.74, 6) is -1.56. The number of thiophene rings is 1. The molecule has 2 saturated heterocycles. The Labute approximate surface area is 202 Å². The molecule has 0 N–H and O–H groups in total. The van der Waals surface area contributed by atoms with Crippen molar-refractivity contribution in [3.05, 3.63) is 40.2 Å². The maximum Gasteiger partial charge on any atom is 0.253 e. The zero-order valence-corrected chi connectivity index (χ0v) is 20.4. The lowest BCUT2D eigenvalue weighted by Crippen LogP contribution is -2.54. The van der Waals surface area contributed by atoms with Gasteiger partial charge in [0.2, 0.25) is 5.91 Å². The summed E-state index contributed by atoms with van der Waals surface area (Å²) < 4.78 is 55.8. The van der Waals surface area contributed by atoms with Gasteiger partial charge in [-0.25, -0.2) is 22.2 Å². The summed E-state index contributed by atoms with van der Waals surface area (Å²) in [6, 6.07) is 4.34. The van der Waals surface area contributed by atoms with Crippen LogP contribution in [0.1, 0.15) is 12.8 Å². The lowest BCUT2D eigenvalue weighted by molar-refractivity contribution is -0.134. The van der Waals surface area contributed by atoms with Gasteiger partial charge >= 0.3 is 0 Å². The summed E-state index contributed by atoms with van der Waals surface area (Å²) in [6.07, 6.45) is 1.09. The number of halogens is 3. The molecule has 0 bridgehead atoms. The van der Waals surface area contributed by atoms with Crippen LogP contribution in [0.5, 0.6) is 0 Å². The summed E-state index contributed by atoms with van der Waals surface area (Å²) in [7, 11) is -3.79. The van der Waals surface area contributed by atoms with Gasteiger partial charge in [-0.05, 0) is 31.0 Å². The molecule has 0 radical (unpaired) electrons. The number of benzene rings is 1. The van der Waals surface area contributed by atoms with Crippen LogP contribution in [0.4, 0.5) is 13.9 Å². The summed E-state index contributed by atoms with van der Waals surface area (Å²) in [5, 5.41) is 0.571. The van der Waals surface area contributed by atoms with Gasteiger partial charge in [0, 0.05) is 38.8 Å². The summed E-state index contributed by atoms with van der Waals surface area (Å²) >= 11 is 8.10. The van der Waals surface area contributed by atoms with E-state index in [4.69, 9.17) is 11.6 Å². The lowest BCUT2D eigenvalue weighted by Gasteiger charge is -2.37. The van der Waals surface area contributed by atoms with Crippen molar-refractivity contribution in [3.63, 3.8) is 0 Å². The molecule has 176 valence electrons. The summed E-state index contributed by atoms with van der Waals surface area (Å²) in [4.78, 5) is 21.1. The average Bonchev–Trinajstić information content (AvgIpc) is 3.52. The molecular weight excluding hydrogens is 514 g/mol. The Morgan fingerprint density at radius 3 is 2.55 bits per heavy atom. The van der Waals surface area contributed by atoms with Gasteiger partial charge in [0.25, 0.3) is 10.0 Å². The fourth-order valence-electron chi connectivity index (χ4n) is 4.24. The van der Waals surface area contributed by atoms with E-state index in [2.05, 4.69) is 4.98 Å². The number of aromatic nitrogens is 1. The Hall–Kier alpha value is -1.86. The lowest BCUT2D eigenvalue weighted by atomic mass is 10.2. The van der Waals surface area contributed by atoms with Gasteiger partial charge in [0.1, 0.15) is 21.6 Å². The van der Waals surface area contributed by atoms with Crippen LogP contribution in [0, 0.1) is 11.6 Å². The number of carbonyl (C=O) groups is 1. The van der Waals surface area contributed by atoms with E-state index in [9.17, 15) is 22.0 Å². The van der Waals surface area contributed by atoms with Crippen molar-refractivity contribution in [2.75, 3.05) is 37.6 Å². The van der Waals surface area contributed by atoms with Gasteiger partial charge < -0.3 is 9.80 Å². The van der Waals surface area contributed by atoms with Crippen molar-refractivity contribution in [1.82, 2.24) is 14.2 Å². The monoisotopic (exact) mass is 532 g/mol. The molecule has 0 unspecified atom stereocenters. The predicted octanol–water partition coefficient (Wildman–Crippen LogP) is 3.79. The average molecular weight is 533 g/mol. The Kier molecular flexibility index (Phi) is 6.06. The highest BCUT2D eigenvalue weighted by Gasteiger charge is 2.42. The highest BCUT2D eigenvalue weighted by atomic mass is 35.5. The van der Waals surface area contributed by atoms with E-state index in [1.54, 1.807) is 4.90 Å². The molecule has 0 spiro atoms. The number of hydrogen-bond donors (Lipinski definition) is 0. The van der Waals surface area contributed by atoms with Crippen molar-refractivity contribution in [2.24, 2.45) is 0 Å². The van der Waals surface area contributed by atoms with Crippen LogP contribution in [0.3, 0.4) is 0 Å². The largest absolute Gasteiger partial charge is 0.345 e. The normalized spacial score (nSPS) is 20.2. The fraction of sp³-hybridized carbons (Fsp3) is 0.400. The first kappa shape index (κ1) is 22.9. The highest BCUT2D eigenvalue weighted by Crippen LogP contribution is 2.34. The number of anilines is 1. The van der Waals surface area contributed by atoms with Gasteiger partial charge in [-0.15, -0.1) is 11.3 Å².